The highest BCUT2D eigenvalue weighted by molar-refractivity contribution is 6.30. The molecule has 4 rings (SSSR count). The number of benzene rings is 2. The summed E-state index contributed by atoms with van der Waals surface area (Å²) in [6.45, 7) is 5.61. The molecule has 32 heavy (non-hydrogen) atoms. The van der Waals surface area contributed by atoms with Crippen molar-refractivity contribution in [2.75, 3.05) is 23.7 Å². The first-order chi connectivity index (χ1) is 15.4. The van der Waals surface area contributed by atoms with Crippen molar-refractivity contribution in [3.63, 3.8) is 0 Å². The van der Waals surface area contributed by atoms with Crippen molar-refractivity contribution >= 4 is 28.9 Å². The van der Waals surface area contributed by atoms with Crippen LogP contribution >= 0.6 is 11.6 Å². The lowest BCUT2D eigenvalue weighted by Gasteiger charge is -2.18. The zero-order valence-electron chi connectivity index (χ0n) is 18.1. The number of nitrogens with one attached hydrogen (secondary N) is 3. The predicted molar refractivity (Wildman–Crippen MR) is 125 cm³/mol. The highest BCUT2D eigenvalue weighted by atomic mass is 35.5. The van der Waals surface area contributed by atoms with E-state index in [0.717, 1.165) is 53.3 Å². The Morgan fingerprint density at radius 3 is 2.78 bits per heavy atom. The minimum absolute atomic E-state index is 0.0754. The first kappa shape index (κ1) is 22.3. The van der Waals surface area contributed by atoms with Crippen molar-refractivity contribution in [3.8, 4) is 11.1 Å². The molecule has 0 radical (unpaired) electrons. The van der Waals surface area contributed by atoms with Gasteiger partial charge in [0, 0.05) is 24.6 Å². The quantitative estimate of drug-likeness (QED) is 0.461. The van der Waals surface area contributed by atoms with E-state index in [4.69, 9.17) is 16.1 Å². The van der Waals surface area contributed by atoms with E-state index < -0.39 is 5.82 Å². The molecule has 1 unspecified atom stereocenters. The van der Waals surface area contributed by atoms with Crippen LogP contribution in [0.15, 0.2) is 40.9 Å². The maximum atomic E-state index is 13.7. The number of aromatic nitrogens is 1. The van der Waals surface area contributed by atoms with Crippen LogP contribution in [0.1, 0.15) is 29.9 Å². The Labute approximate surface area is 191 Å². The number of hydrogen-bond donors (Lipinski definition) is 3. The maximum absolute atomic E-state index is 13.7. The van der Waals surface area contributed by atoms with E-state index in [1.54, 1.807) is 6.07 Å². The van der Waals surface area contributed by atoms with Gasteiger partial charge in [0.15, 0.2) is 0 Å². The molecule has 3 N–H and O–H groups in total. The van der Waals surface area contributed by atoms with Crippen molar-refractivity contribution in [1.29, 1.82) is 0 Å². The van der Waals surface area contributed by atoms with Gasteiger partial charge in [-0.2, -0.15) is 0 Å². The average Bonchev–Trinajstić information content (AvgIpc) is 3.40. The number of anilines is 2. The van der Waals surface area contributed by atoms with E-state index in [-0.39, 0.29) is 17.4 Å². The average molecular weight is 457 g/mol. The zero-order chi connectivity index (χ0) is 22.7. The van der Waals surface area contributed by atoms with Crippen molar-refractivity contribution in [2.24, 2.45) is 0 Å². The fraction of sp³-hybridized carbons (Fsp3) is 0.333. The van der Waals surface area contributed by atoms with E-state index in [9.17, 15) is 9.18 Å². The second-order valence-corrected chi connectivity index (χ2v) is 8.50. The summed E-state index contributed by atoms with van der Waals surface area (Å²) in [5.41, 5.74) is 4.92. The summed E-state index contributed by atoms with van der Waals surface area (Å²) in [5, 5.41) is 14.0. The van der Waals surface area contributed by atoms with E-state index >= 15 is 0 Å². The van der Waals surface area contributed by atoms with Crippen LogP contribution in [0.3, 0.4) is 0 Å². The predicted octanol–water partition coefficient (Wildman–Crippen LogP) is 5.10. The highest BCUT2D eigenvalue weighted by Gasteiger charge is 2.19. The van der Waals surface area contributed by atoms with Crippen LogP contribution in [0, 0.1) is 19.7 Å². The van der Waals surface area contributed by atoms with Crippen LogP contribution in [0.25, 0.3) is 11.1 Å². The number of aryl methyl sites for hydroxylation is 3. The number of carbonyl (C=O) groups is 1. The standard InChI is InChI=1S/C24H26ClFN4O2/c1-14-24(15(2)32-30-14)17-5-7-21(28-18-9-10-27-13-18)22(12-17)29-23(31)8-4-16-3-6-19(25)20(26)11-16/h3,5-7,11-12,18,27-28H,4,8-10,13H2,1-2H3,(H,29,31). The Bertz CT molecular complexity index is 1110. The second-order valence-electron chi connectivity index (χ2n) is 8.09. The molecule has 0 saturated carbocycles. The van der Waals surface area contributed by atoms with Gasteiger partial charge in [-0.25, -0.2) is 4.39 Å². The van der Waals surface area contributed by atoms with Gasteiger partial charge in [-0.3, -0.25) is 4.79 Å². The van der Waals surface area contributed by atoms with Crippen LogP contribution < -0.4 is 16.0 Å². The number of amides is 1. The molecule has 8 heteroatoms. The third-order valence-corrected chi connectivity index (χ3v) is 5.97. The molecular formula is C24H26ClFN4O2. The Morgan fingerprint density at radius 2 is 2.09 bits per heavy atom. The van der Waals surface area contributed by atoms with E-state index in [0.29, 0.717) is 18.2 Å². The number of carbonyl (C=O) groups excluding carboxylic acids is 1. The third-order valence-electron chi connectivity index (χ3n) is 5.66. The number of rotatable bonds is 7. The van der Waals surface area contributed by atoms with Crippen LogP contribution in [0.4, 0.5) is 15.8 Å². The summed E-state index contributed by atoms with van der Waals surface area (Å²) in [7, 11) is 0. The number of nitrogens with zero attached hydrogens (tertiary/aromatic N) is 1. The number of halogens is 2. The van der Waals surface area contributed by atoms with Crippen molar-refractivity contribution in [2.45, 2.75) is 39.2 Å². The smallest absolute Gasteiger partial charge is 0.224 e. The molecule has 1 saturated heterocycles. The SMILES string of the molecule is Cc1noc(C)c1-c1ccc(NC2CCNC2)c(NC(=O)CCc2ccc(Cl)c(F)c2)c1. The largest absolute Gasteiger partial charge is 0.379 e. The molecule has 0 aliphatic carbocycles. The molecule has 1 aromatic heterocycles. The van der Waals surface area contributed by atoms with Gasteiger partial charge in [0.05, 0.1) is 22.1 Å². The topological polar surface area (TPSA) is 79.2 Å². The van der Waals surface area contributed by atoms with Gasteiger partial charge in [-0.15, -0.1) is 0 Å². The van der Waals surface area contributed by atoms with Crippen LogP contribution in [0.2, 0.25) is 5.02 Å². The molecule has 0 spiro atoms. The van der Waals surface area contributed by atoms with E-state index in [2.05, 4.69) is 21.1 Å². The molecule has 3 aromatic rings. The fourth-order valence-electron chi connectivity index (χ4n) is 3.99. The number of hydrogen-bond acceptors (Lipinski definition) is 5. The maximum Gasteiger partial charge on any atom is 0.224 e. The van der Waals surface area contributed by atoms with Crippen LogP contribution in [-0.2, 0) is 11.2 Å². The van der Waals surface area contributed by atoms with Gasteiger partial charge in [0.2, 0.25) is 5.91 Å². The Hall–Kier alpha value is -2.90. The molecule has 1 amide bonds. The molecule has 1 fully saturated rings. The van der Waals surface area contributed by atoms with Crippen molar-refractivity contribution in [1.82, 2.24) is 10.5 Å². The molecule has 1 atom stereocenters. The lowest BCUT2D eigenvalue weighted by atomic mass is 10.0. The van der Waals surface area contributed by atoms with Gasteiger partial charge in [0.25, 0.3) is 0 Å². The first-order valence-corrected chi connectivity index (χ1v) is 11.1. The summed E-state index contributed by atoms with van der Waals surface area (Å²) in [6, 6.07) is 10.8. The second kappa shape index (κ2) is 9.71. The summed E-state index contributed by atoms with van der Waals surface area (Å²) in [5.74, 6) is 0.0995. The third kappa shape index (κ3) is 5.11. The van der Waals surface area contributed by atoms with Crippen LogP contribution in [-0.4, -0.2) is 30.2 Å². The summed E-state index contributed by atoms with van der Waals surface area (Å²) < 4.78 is 19.0. The summed E-state index contributed by atoms with van der Waals surface area (Å²) in [4.78, 5) is 12.8. The highest BCUT2D eigenvalue weighted by Crippen LogP contribution is 2.33. The molecule has 1 aliphatic heterocycles. The van der Waals surface area contributed by atoms with Gasteiger partial charge in [-0.05, 0) is 68.6 Å². The van der Waals surface area contributed by atoms with Crippen molar-refractivity contribution < 1.29 is 13.7 Å². The zero-order valence-corrected chi connectivity index (χ0v) is 18.9. The van der Waals surface area contributed by atoms with Crippen LogP contribution in [0.5, 0.6) is 0 Å². The Balaban J connectivity index is 1.54. The molecule has 2 heterocycles. The molecule has 6 nitrogen and oxygen atoms in total. The van der Waals surface area contributed by atoms with Gasteiger partial charge >= 0.3 is 0 Å². The van der Waals surface area contributed by atoms with Gasteiger partial charge in [0.1, 0.15) is 11.6 Å². The normalized spacial score (nSPS) is 15.7. The molecular weight excluding hydrogens is 431 g/mol. The van der Waals surface area contributed by atoms with E-state index in [1.165, 1.54) is 12.1 Å². The summed E-state index contributed by atoms with van der Waals surface area (Å²) in [6.07, 6.45) is 1.65. The molecule has 1 aliphatic rings. The van der Waals surface area contributed by atoms with E-state index in [1.807, 2.05) is 32.0 Å². The lowest BCUT2D eigenvalue weighted by Crippen LogP contribution is -2.23. The van der Waals surface area contributed by atoms with Gasteiger partial charge < -0.3 is 20.5 Å². The van der Waals surface area contributed by atoms with Gasteiger partial charge in [-0.1, -0.05) is 28.9 Å². The first-order valence-electron chi connectivity index (χ1n) is 10.7. The monoisotopic (exact) mass is 456 g/mol. The fourth-order valence-corrected chi connectivity index (χ4v) is 4.11. The molecule has 2 aromatic carbocycles. The lowest BCUT2D eigenvalue weighted by molar-refractivity contribution is -0.116. The summed E-state index contributed by atoms with van der Waals surface area (Å²) >= 11 is 5.74. The van der Waals surface area contributed by atoms with Crippen molar-refractivity contribution in [3.05, 3.63) is 64.3 Å². The minimum Gasteiger partial charge on any atom is -0.379 e. The Morgan fingerprint density at radius 1 is 1.25 bits per heavy atom. The Kier molecular flexibility index (Phi) is 6.77. The molecule has 168 valence electrons. The minimum atomic E-state index is -0.478. The molecule has 0 bridgehead atoms.